The van der Waals surface area contributed by atoms with Crippen molar-refractivity contribution in [3.8, 4) is 17.6 Å². The van der Waals surface area contributed by atoms with Crippen molar-refractivity contribution in [2.75, 3.05) is 11.9 Å². The lowest BCUT2D eigenvalue weighted by atomic mass is 10.1. The van der Waals surface area contributed by atoms with Crippen LogP contribution in [-0.2, 0) is 11.4 Å². The monoisotopic (exact) mass is 569 g/mol. The van der Waals surface area contributed by atoms with Gasteiger partial charge in [0.15, 0.2) is 11.5 Å². The Hall–Kier alpha value is -3.87. The minimum Gasteiger partial charge on any atom is -0.490 e. The van der Waals surface area contributed by atoms with E-state index in [1.54, 1.807) is 49.4 Å². The van der Waals surface area contributed by atoms with Crippen LogP contribution in [0.25, 0.3) is 6.08 Å². The lowest BCUT2D eigenvalue weighted by Gasteiger charge is -2.15. The van der Waals surface area contributed by atoms with E-state index in [0.717, 1.165) is 5.56 Å². The number of hydrogen-bond acceptors (Lipinski definition) is 6. The lowest BCUT2D eigenvalue weighted by Crippen LogP contribution is -2.14. The van der Waals surface area contributed by atoms with Gasteiger partial charge in [0.25, 0.3) is 11.6 Å². The highest BCUT2D eigenvalue weighted by atomic mass is 79.9. The molecule has 0 aliphatic rings. The van der Waals surface area contributed by atoms with Gasteiger partial charge in [-0.15, -0.1) is 0 Å². The van der Waals surface area contributed by atoms with Crippen LogP contribution < -0.4 is 14.8 Å². The zero-order valence-corrected chi connectivity index (χ0v) is 21.7. The van der Waals surface area contributed by atoms with E-state index in [4.69, 9.17) is 21.1 Å². The Balaban J connectivity index is 1.84. The van der Waals surface area contributed by atoms with E-state index in [2.05, 4.69) is 21.2 Å². The molecule has 1 amide bonds. The van der Waals surface area contributed by atoms with Crippen LogP contribution in [0.2, 0.25) is 5.02 Å². The molecule has 0 saturated heterocycles. The molecule has 0 bridgehead atoms. The SMILES string of the molecule is CCOc1cc(/C=C(\C#N)C(=O)Nc2cccc(Cl)c2C)cc(Br)c1OCc1ccc([N+](=O)[O-])cc1. The summed E-state index contributed by atoms with van der Waals surface area (Å²) in [6, 6.07) is 16.5. The minimum atomic E-state index is -0.574. The molecular weight excluding hydrogens is 550 g/mol. The van der Waals surface area contributed by atoms with E-state index in [0.29, 0.717) is 44.4 Å². The molecule has 8 nitrogen and oxygen atoms in total. The zero-order chi connectivity index (χ0) is 26.2. The highest BCUT2D eigenvalue weighted by Gasteiger charge is 2.16. The number of nitrogens with zero attached hydrogens (tertiary/aromatic N) is 2. The van der Waals surface area contributed by atoms with E-state index in [-0.39, 0.29) is 17.9 Å². The molecule has 0 aliphatic heterocycles. The molecule has 0 heterocycles. The predicted molar refractivity (Wildman–Crippen MR) is 141 cm³/mol. The number of carbonyl (C=O) groups excluding carboxylic acids is 1. The first-order valence-electron chi connectivity index (χ1n) is 10.7. The Morgan fingerprint density at radius 1 is 1.22 bits per heavy atom. The maximum absolute atomic E-state index is 12.7. The summed E-state index contributed by atoms with van der Waals surface area (Å²) in [4.78, 5) is 23.1. The fourth-order valence-corrected chi connectivity index (χ4v) is 3.94. The molecule has 10 heteroatoms. The maximum atomic E-state index is 12.7. The quantitative estimate of drug-likeness (QED) is 0.130. The van der Waals surface area contributed by atoms with Gasteiger partial charge in [-0.3, -0.25) is 14.9 Å². The largest absolute Gasteiger partial charge is 0.490 e. The number of nitrogens with one attached hydrogen (secondary N) is 1. The molecule has 0 spiro atoms. The van der Waals surface area contributed by atoms with Crippen LogP contribution in [0.1, 0.15) is 23.6 Å². The summed E-state index contributed by atoms with van der Waals surface area (Å²) in [5.41, 5.74) is 2.37. The van der Waals surface area contributed by atoms with Crippen molar-refractivity contribution in [1.29, 1.82) is 5.26 Å². The third kappa shape index (κ3) is 6.62. The molecule has 3 aromatic rings. The average molecular weight is 571 g/mol. The van der Waals surface area contributed by atoms with Crippen LogP contribution in [0.3, 0.4) is 0 Å². The minimum absolute atomic E-state index is 0.00562. The van der Waals surface area contributed by atoms with Gasteiger partial charge in [-0.25, -0.2) is 0 Å². The number of nitriles is 1. The van der Waals surface area contributed by atoms with Crippen molar-refractivity contribution in [1.82, 2.24) is 0 Å². The second-order valence-corrected chi connectivity index (χ2v) is 8.77. The molecule has 3 aromatic carbocycles. The van der Waals surface area contributed by atoms with Gasteiger partial charge in [-0.1, -0.05) is 17.7 Å². The lowest BCUT2D eigenvalue weighted by molar-refractivity contribution is -0.384. The molecule has 0 fully saturated rings. The van der Waals surface area contributed by atoms with Crippen LogP contribution in [0.4, 0.5) is 11.4 Å². The summed E-state index contributed by atoms with van der Waals surface area (Å²) in [7, 11) is 0. The van der Waals surface area contributed by atoms with E-state index < -0.39 is 10.8 Å². The Kier molecular flexibility index (Phi) is 9.06. The number of anilines is 1. The number of amides is 1. The molecule has 0 saturated carbocycles. The van der Waals surface area contributed by atoms with Gasteiger partial charge >= 0.3 is 0 Å². The number of ether oxygens (including phenoxy) is 2. The summed E-state index contributed by atoms with van der Waals surface area (Å²) < 4.78 is 12.2. The first kappa shape index (κ1) is 26.7. The third-order valence-electron chi connectivity index (χ3n) is 5.05. The number of carbonyl (C=O) groups is 1. The number of benzene rings is 3. The van der Waals surface area contributed by atoms with Gasteiger partial charge in [0, 0.05) is 22.8 Å². The molecule has 184 valence electrons. The van der Waals surface area contributed by atoms with Crippen molar-refractivity contribution in [2.24, 2.45) is 0 Å². The third-order valence-corrected chi connectivity index (χ3v) is 6.05. The molecule has 0 aromatic heterocycles. The highest BCUT2D eigenvalue weighted by Crippen LogP contribution is 2.38. The maximum Gasteiger partial charge on any atom is 0.269 e. The normalized spacial score (nSPS) is 10.9. The smallest absolute Gasteiger partial charge is 0.269 e. The predicted octanol–water partition coefficient (Wildman–Crippen LogP) is 6.84. The molecule has 1 N–H and O–H groups in total. The molecule has 0 radical (unpaired) electrons. The number of rotatable bonds is 9. The van der Waals surface area contributed by atoms with Crippen molar-refractivity contribution >= 4 is 50.9 Å². The Morgan fingerprint density at radius 3 is 2.58 bits per heavy atom. The van der Waals surface area contributed by atoms with Crippen molar-refractivity contribution in [3.05, 3.63) is 96.5 Å². The van der Waals surface area contributed by atoms with Crippen molar-refractivity contribution in [3.63, 3.8) is 0 Å². The summed E-state index contributed by atoms with van der Waals surface area (Å²) in [5.74, 6) is 0.253. The molecule has 0 aliphatic carbocycles. The molecule has 3 rings (SSSR count). The fraction of sp³-hybridized carbons (Fsp3) is 0.154. The van der Waals surface area contributed by atoms with Crippen LogP contribution >= 0.6 is 27.5 Å². The summed E-state index contributed by atoms with van der Waals surface area (Å²) in [5, 5.41) is 23.7. The van der Waals surface area contributed by atoms with E-state index in [9.17, 15) is 20.2 Å². The fourth-order valence-electron chi connectivity index (χ4n) is 3.19. The summed E-state index contributed by atoms with van der Waals surface area (Å²) >= 11 is 9.59. The molecule has 36 heavy (non-hydrogen) atoms. The molecule has 0 atom stereocenters. The van der Waals surface area contributed by atoms with E-state index >= 15 is 0 Å². The van der Waals surface area contributed by atoms with E-state index in [1.807, 2.05) is 13.0 Å². The standard InChI is InChI=1S/C26H21BrClN3O5/c1-3-35-24-13-18(11-19(14-29)26(32)30-23-6-4-5-22(28)16(23)2)12-21(27)25(24)36-15-17-7-9-20(10-8-17)31(33)34/h4-13H,3,15H2,1-2H3,(H,30,32)/b19-11+. The first-order chi connectivity index (χ1) is 17.2. The number of non-ortho nitro benzene ring substituents is 1. The first-order valence-corrected chi connectivity index (χ1v) is 11.9. The molecule has 0 unspecified atom stereocenters. The second-order valence-electron chi connectivity index (χ2n) is 7.51. The number of hydrogen-bond donors (Lipinski definition) is 1. The Labute approximate surface area is 221 Å². The van der Waals surface area contributed by atoms with Gasteiger partial charge in [-0.2, -0.15) is 5.26 Å². The van der Waals surface area contributed by atoms with Gasteiger partial charge in [0.05, 0.1) is 16.0 Å². The van der Waals surface area contributed by atoms with Crippen LogP contribution in [-0.4, -0.2) is 17.4 Å². The van der Waals surface area contributed by atoms with Crippen LogP contribution in [0, 0.1) is 28.4 Å². The number of nitro benzene ring substituents is 1. The van der Waals surface area contributed by atoms with Gasteiger partial charge < -0.3 is 14.8 Å². The van der Waals surface area contributed by atoms with Crippen LogP contribution in [0.15, 0.2) is 64.6 Å². The van der Waals surface area contributed by atoms with Crippen molar-refractivity contribution < 1.29 is 19.2 Å². The number of nitro groups is 1. The van der Waals surface area contributed by atoms with Crippen LogP contribution in [0.5, 0.6) is 11.5 Å². The Morgan fingerprint density at radius 2 is 1.94 bits per heavy atom. The molecular formula is C26H21BrClN3O5. The van der Waals surface area contributed by atoms with Crippen molar-refractivity contribution in [2.45, 2.75) is 20.5 Å². The topological polar surface area (TPSA) is 114 Å². The zero-order valence-electron chi connectivity index (χ0n) is 19.4. The van der Waals surface area contributed by atoms with Gasteiger partial charge in [-0.05, 0) is 88.9 Å². The van der Waals surface area contributed by atoms with E-state index in [1.165, 1.54) is 18.2 Å². The summed E-state index contributed by atoms with van der Waals surface area (Å²) in [6.45, 7) is 4.09. The highest BCUT2D eigenvalue weighted by molar-refractivity contribution is 9.10. The number of halogens is 2. The van der Waals surface area contributed by atoms with Gasteiger partial charge in [0.1, 0.15) is 18.2 Å². The summed E-state index contributed by atoms with van der Waals surface area (Å²) in [6.07, 6.45) is 1.45. The average Bonchev–Trinajstić information content (AvgIpc) is 2.85. The second kappa shape index (κ2) is 12.2. The van der Waals surface area contributed by atoms with Gasteiger partial charge in [0.2, 0.25) is 0 Å². The Bertz CT molecular complexity index is 1370.